The molecule has 5 nitrogen and oxygen atoms in total. The summed E-state index contributed by atoms with van der Waals surface area (Å²) in [6.07, 6.45) is 0. The highest BCUT2D eigenvalue weighted by Gasteiger charge is 2.48. The van der Waals surface area contributed by atoms with Gasteiger partial charge in [-0.2, -0.15) is 0 Å². The maximum atomic E-state index is 12.2. The molecule has 0 fully saturated rings. The fraction of sp³-hybridized carbons (Fsp3) is 0.118. The third-order valence-electron chi connectivity index (χ3n) is 21.5. The summed E-state index contributed by atoms with van der Waals surface area (Å²) < 4.78 is 223. The van der Waals surface area contributed by atoms with Crippen LogP contribution in [0.3, 0.4) is 0 Å². The number of benzene rings is 15. The van der Waals surface area contributed by atoms with Gasteiger partial charge in [0.25, 0.3) is 6.71 Å². The van der Waals surface area contributed by atoms with E-state index in [2.05, 4.69) is 98.7 Å². The van der Waals surface area contributed by atoms with Crippen molar-refractivity contribution in [1.29, 1.82) is 0 Å². The maximum Gasteiger partial charge on any atom is 0.252 e. The lowest BCUT2D eigenvalue weighted by atomic mass is 9.32. The van der Waals surface area contributed by atoms with Crippen molar-refractivity contribution in [3.63, 3.8) is 0 Å². The summed E-state index contributed by atoms with van der Waals surface area (Å²) >= 11 is 0. The molecule has 20 rings (SSSR count). The van der Waals surface area contributed by atoms with Gasteiger partial charge in [-0.1, -0.05) is 286 Å². The molecule has 0 spiro atoms. The third kappa shape index (κ3) is 10.3. The van der Waals surface area contributed by atoms with E-state index in [1.807, 2.05) is 161 Å². The summed E-state index contributed by atoms with van der Waals surface area (Å²) in [5, 5.41) is 0.0675. The van der Waals surface area contributed by atoms with Gasteiger partial charge in [-0.15, -0.1) is 0 Å². The van der Waals surface area contributed by atoms with Crippen molar-refractivity contribution in [2.24, 2.45) is 0 Å². The van der Waals surface area contributed by atoms with E-state index >= 15 is 0 Å². The summed E-state index contributed by atoms with van der Waals surface area (Å²) in [6, 6.07) is 50.1. The zero-order valence-electron chi connectivity index (χ0n) is 81.8. The predicted octanol–water partition coefficient (Wildman–Crippen LogP) is 26.1. The van der Waals surface area contributed by atoms with Gasteiger partial charge in [0.05, 0.1) is 62.2 Å². The van der Waals surface area contributed by atoms with Gasteiger partial charge in [0.15, 0.2) is 0 Å². The van der Waals surface area contributed by atoms with Crippen LogP contribution in [0.1, 0.15) is 108 Å². The first kappa shape index (κ1) is 46.3. The topological polar surface area (TPSA) is 29.5 Å². The molecule has 0 aliphatic carbocycles. The second kappa shape index (κ2) is 24.5. The first-order valence-corrected chi connectivity index (χ1v) is 36.4. The van der Waals surface area contributed by atoms with E-state index in [0.29, 0.717) is 94.8 Å². The van der Waals surface area contributed by atoms with Crippen molar-refractivity contribution >= 4 is 123 Å². The minimum Gasteiger partial charge on any atom is -0.456 e. The van der Waals surface area contributed by atoms with Crippen LogP contribution in [0.2, 0.25) is 0 Å². The second-order valence-electron chi connectivity index (χ2n) is 31.2. The fourth-order valence-electron chi connectivity index (χ4n) is 16.2. The van der Waals surface area contributed by atoms with Gasteiger partial charge in [-0.05, 0) is 186 Å². The molecule has 5 heterocycles. The molecule has 0 radical (unpaired) electrons. The molecule has 15 aromatic carbocycles. The van der Waals surface area contributed by atoms with Crippen LogP contribution in [0.4, 0.5) is 34.1 Å². The van der Waals surface area contributed by atoms with E-state index in [9.17, 15) is 28.8 Å². The van der Waals surface area contributed by atoms with Crippen LogP contribution in [-0.4, -0.2) is 15.8 Å². The van der Waals surface area contributed by atoms with Crippen molar-refractivity contribution in [2.45, 2.75) is 78.6 Å². The molecule has 0 saturated carbocycles. The summed E-state index contributed by atoms with van der Waals surface area (Å²) in [4.78, 5) is 3.98. The number of aromatic nitrogens is 2. The molecule has 0 saturated heterocycles. The third-order valence-corrected chi connectivity index (χ3v) is 21.5. The lowest BCUT2D eigenvalue weighted by Gasteiger charge is -2.47. The number of anilines is 6. The molecule has 2 aliphatic rings. The van der Waals surface area contributed by atoms with E-state index in [4.69, 9.17) is 4.42 Å². The van der Waals surface area contributed by atoms with Crippen LogP contribution < -0.4 is 26.2 Å². The van der Waals surface area contributed by atoms with Crippen LogP contribution in [0, 0.1) is 0 Å². The van der Waals surface area contributed by atoms with Crippen molar-refractivity contribution < 1.29 is 33.2 Å². The molecule has 18 aromatic rings. The SMILES string of the molecule is [2H]c1c([2H])c(-n2c3c([2H])c([2H])c([2H])c([2H])c3c3c([2H])c([2H])c([2H])c([2H])c32)c([2H])c2c1B1c3c(cc(C(C)(C)C)cc3N(c3c(-c4ccccc4)cc(C(C)(C)C)cc3-c3ccccc3)c3c([2H])c(-n4c5c([2H])c([2H])c([2H])c([2H])c5c5c([2H])c([2H])c([2H])c([2H])c54)c([2H])c(-c4ccc5c(c4)oc4ccccc45)c31)N2c1c(-c2ccccc2)cc(C(C)(C)C)cc1-c1ccccc1. The molecule has 0 unspecified atom stereocenters. The number of furan rings is 1. The average Bonchev–Trinajstić information content (AvgIpc) is 1.32. The Labute approximate surface area is 661 Å². The molecule has 108 heavy (non-hydrogen) atoms. The summed E-state index contributed by atoms with van der Waals surface area (Å²) in [5.74, 6) is 0. The number of fused-ring (bicyclic) bond motifs is 13. The highest BCUT2D eigenvalue weighted by molar-refractivity contribution is 7.01. The minimum absolute atomic E-state index is 0.0184. The van der Waals surface area contributed by atoms with Crippen molar-refractivity contribution in [1.82, 2.24) is 9.13 Å². The van der Waals surface area contributed by atoms with Crippen LogP contribution in [0.5, 0.6) is 0 Å². The van der Waals surface area contributed by atoms with Crippen LogP contribution >= 0.6 is 0 Å². The standard InChI is InChI=1S/C102H81BN4O/c1-100(2,3)69-55-81(64-32-14-10-15-33-64)98(82(56-69)65-34-16-11-17-35-65)106-90-62-72(104-86-45-27-22-40-74(86)75-41-23-28-46-87(75)104)51-53-85(90)103-96-80(68-50-52-79-78-44-26-31-49-94(78)108-95(79)54-68)61-73(105-88-47-29-24-42-76(88)77-43-25-30-48-89(77)105)63-93(96)107(92-60-71(102(7,8)9)59-91(106)97(92)103)99-83(66-36-18-12-19-37-66)57-70(101(4,5)6)58-84(99)67-38-20-13-21-39-67/h10-63H,1-9H3/i22D,23D,24D,25D,27D,28D,29D,30D,40D,41D,42D,43D,45D,46D,47D,48D,51D,53D,61D,62D,63D. The van der Waals surface area contributed by atoms with E-state index < -0.39 is 172 Å². The summed E-state index contributed by atoms with van der Waals surface area (Å²) in [7, 11) is 0. The van der Waals surface area contributed by atoms with Gasteiger partial charge in [0.2, 0.25) is 0 Å². The Kier molecular flexibility index (Phi) is 10.5. The zero-order chi connectivity index (χ0) is 91.3. The highest BCUT2D eigenvalue weighted by Crippen LogP contribution is 2.57. The molecule has 3 aromatic heterocycles. The van der Waals surface area contributed by atoms with Gasteiger partial charge in [-0.25, -0.2) is 0 Å². The fourth-order valence-corrected chi connectivity index (χ4v) is 16.2. The molecule has 2 aliphatic heterocycles. The predicted molar refractivity (Wildman–Crippen MR) is 460 cm³/mol. The Morgan fingerprint density at radius 3 is 1.12 bits per heavy atom. The lowest BCUT2D eigenvalue weighted by Crippen LogP contribution is -2.62. The van der Waals surface area contributed by atoms with E-state index in [0.717, 1.165) is 21.1 Å². The number of rotatable bonds is 9. The maximum absolute atomic E-state index is 12.2. The number of nitrogens with zero attached hydrogens (tertiary/aromatic N) is 4. The highest BCUT2D eigenvalue weighted by atomic mass is 16.3. The van der Waals surface area contributed by atoms with Crippen LogP contribution in [0.15, 0.2) is 331 Å². The molecule has 0 bridgehead atoms. The number of para-hydroxylation sites is 5. The Hall–Kier alpha value is -12.6. The Morgan fingerprint density at radius 1 is 0.296 bits per heavy atom. The zero-order valence-corrected chi connectivity index (χ0v) is 60.8. The van der Waals surface area contributed by atoms with Crippen LogP contribution in [0.25, 0.3) is 133 Å². The lowest BCUT2D eigenvalue weighted by molar-refractivity contribution is 0.590. The van der Waals surface area contributed by atoms with Gasteiger partial charge in [0.1, 0.15) is 11.2 Å². The van der Waals surface area contributed by atoms with Crippen molar-refractivity contribution in [2.75, 3.05) is 9.80 Å². The van der Waals surface area contributed by atoms with Gasteiger partial charge >= 0.3 is 0 Å². The Balaban J connectivity index is 1.10. The van der Waals surface area contributed by atoms with E-state index in [1.54, 1.807) is 12.1 Å². The molecule has 6 heteroatoms. The first-order valence-electron chi connectivity index (χ1n) is 46.9. The molecule has 0 amide bonds. The molecule has 0 N–H and O–H groups in total. The molecule has 518 valence electrons. The summed E-state index contributed by atoms with van der Waals surface area (Å²) in [5.41, 5.74) is 6.02. The second-order valence-corrected chi connectivity index (χ2v) is 31.2. The number of hydrogen-bond donors (Lipinski definition) is 0. The number of hydrogen-bond acceptors (Lipinski definition) is 3. The molecular weight excluding hydrogens is 1310 g/mol. The van der Waals surface area contributed by atoms with E-state index in [-0.39, 0.29) is 66.0 Å². The molecular formula is C102H81BN4O. The largest absolute Gasteiger partial charge is 0.456 e. The Morgan fingerprint density at radius 2 is 0.676 bits per heavy atom. The van der Waals surface area contributed by atoms with Crippen molar-refractivity contribution in [3.05, 3.63) is 344 Å². The normalized spacial score (nSPS) is 15.7. The average molecular weight is 1410 g/mol. The Bertz CT molecular complexity index is 7720. The van der Waals surface area contributed by atoms with Gasteiger partial charge in [0, 0.05) is 88.7 Å². The van der Waals surface area contributed by atoms with Crippen molar-refractivity contribution in [3.8, 4) is 67.0 Å². The molecule has 0 atom stereocenters. The smallest absolute Gasteiger partial charge is 0.252 e. The van der Waals surface area contributed by atoms with Crippen LogP contribution in [-0.2, 0) is 16.2 Å². The minimum atomic E-state index is -1.59. The summed E-state index contributed by atoms with van der Waals surface area (Å²) in [6.45, 7) is 17.3. The van der Waals surface area contributed by atoms with Gasteiger partial charge < -0.3 is 23.4 Å². The quantitative estimate of drug-likeness (QED) is 0.135. The monoisotopic (exact) mass is 1410 g/mol. The van der Waals surface area contributed by atoms with Gasteiger partial charge in [-0.3, -0.25) is 0 Å². The van der Waals surface area contributed by atoms with E-state index in [1.165, 1.54) is 4.57 Å². The first-order chi connectivity index (χ1) is 61.3.